The van der Waals surface area contributed by atoms with Crippen LogP contribution in [0.4, 0.5) is 30.8 Å². The summed E-state index contributed by atoms with van der Waals surface area (Å²) in [6.45, 7) is 2.14. The van der Waals surface area contributed by atoms with E-state index in [1.807, 2.05) is 4.90 Å². The number of aliphatic hydroxyl groups excluding tert-OH is 1. The predicted octanol–water partition coefficient (Wildman–Crippen LogP) is 3.90. The molecule has 0 radical (unpaired) electrons. The zero-order chi connectivity index (χ0) is 27.8. The molecule has 3 N–H and O–H groups in total. The maximum absolute atomic E-state index is 14.4. The van der Waals surface area contributed by atoms with E-state index in [9.17, 15) is 23.1 Å². The number of nitrogens with zero attached hydrogens (tertiary/aromatic N) is 5. The van der Waals surface area contributed by atoms with Crippen molar-refractivity contribution in [1.82, 2.24) is 24.4 Å². The monoisotopic (exact) mass is 559 g/mol. The van der Waals surface area contributed by atoms with Crippen LogP contribution in [-0.4, -0.2) is 73.9 Å². The molecule has 1 aromatic carbocycles. The highest BCUT2D eigenvalue weighted by molar-refractivity contribution is 5.79. The van der Waals surface area contributed by atoms with Gasteiger partial charge >= 0.3 is 0 Å². The molecule has 2 aliphatic heterocycles. The van der Waals surface area contributed by atoms with Gasteiger partial charge in [0.1, 0.15) is 17.0 Å². The molecule has 1 saturated carbocycles. The van der Waals surface area contributed by atoms with Crippen molar-refractivity contribution < 1.29 is 27.8 Å². The summed E-state index contributed by atoms with van der Waals surface area (Å²) in [6, 6.07) is 1.14. The molecule has 1 amide bonds. The van der Waals surface area contributed by atoms with E-state index < -0.39 is 23.1 Å². The van der Waals surface area contributed by atoms with Crippen LogP contribution in [0, 0.1) is 23.4 Å². The number of amides is 1. The van der Waals surface area contributed by atoms with Crippen LogP contribution in [-0.2, 0) is 9.53 Å². The number of nitrogens with one attached hydrogen (secondary N) is 2. The number of halogens is 3. The minimum atomic E-state index is -1.07. The number of carbonyl (C=O) groups is 1. The molecular weight excluding hydrogens is 527 g/mol. The molecule has 10 nitrogen and oxygen atoms in total. The zero-order valence-corrected chi connectivity index (χ0v) is 22.0. The lowest BCUT2D eigenvalue weighted by Gasteiger charge is -2.35. The van der Waals surface area contributed by atoms with Crippen molar-refractivity contribution in [2.75, 3.05) is 36.9 Å². The van der Waals surface area contributed by atoms with Crippen molar-refractivity contribution in [3.63, 3.8) is 0 Å². The van der Waals surface area contributed by atoms with Crippen molar-refractivity contribution in [2.24, 2.45) is 5.92 Å². The van der Waals surface area contributed by atoms with Crippen LogP contribution in [0.25, 0.3) is 11.2 Å². The van der Waals surface area contributed by atoms with Gasteiger partial charge in [-0.1, -0.05) is 0 Å². The Morgan fingerprint density at radius 3 is 2.40 bits per heavy atom. The van der Waals surface area contributed by atoms with Crippen LogP contribution < -0.4 is 10.6 Å². The average molecular weight is 560 g/mol. The molecule has 2 aromatic heterocycles. The number of imidazole rings is 1. The lowest BCUT2D eigenvalue weighted by atomic mass is 9.85. The van der Waals surface area contributed by atoms with Crippen LogP contribution in [0.5, 0.6) is 0 Å². The fourth-order valence-electron chi connectivity index (χ4n) is 5.91. The number of hydrogen-bond acceptors (Lipinski definition) is 8. The van der Waals surface area contributed by atoms with Crippen LogP contribution in [0.3, 0.4) is 0 Å². The second-order valence-corrected chi connectivity index (χ2v) is 10.8. The Bertz CT molecular complexity index is 1360. The summed E-state index contributed by atoms with van der Waals surface area (Å²) in [7, 11) is 0. The van der Waals surface area contributed by atoms with E-state index in [4.69, 9.17) is 9.72 Å². The number of fused-ring (bicyclic) bond motifs is 1. The molecule has 40 heavy (non-hydrogen) atoms. The second-order valence-electron chi connectivity index (χ2n) is 10.8. The molecule has 1 aliphatic carbocycles. The van der Waals surface area contributed by atoms with E-state index in [2.05, 4.69) is 20.6 Å². The quantitative estimate of drug-likeness (QED) is 0.416. The Morgan fingerprint density at radius 1 is 1.00 bits per heavy atom. The maximum atomic E-state index is 14.4. The van der Waals surface area contributed by atoms with Crippen molar-refractivity contribution in [3.05, 3.63) is 35.8 Å². The van der Waals surface area contributed by atoms with E-state index in [0.717, 1.165) is 25.7 Å². The summed E-state index contributed by atoms with van der Waals surface area (Å²) in [6.07, 6.45) is 6.29. The number of aliphatic hydroxyl groups is 1. The van der Waals surface area contributed by atoms with Gasteiger partial charge in [-0.25, -0.2) is 23.1 Å². The number of benzene rings is 1. The highest BCUT2D eigenvalue weighted by atomic mass is 19.1. The molecule has 0 spiro atoms. The first-order valence-electron chi connectivity index (χ1n) is 13.8. The lowest BCUT2D eigenvalue weighted by Crippen LogP contribution is -2.44. The Kier molecular flexibility index (Phi) is 7.49. The van der Waals surface area contributed by atoms with Gasteiger partial charge in [-0.2, -0.15) is 4.98 Å². The van der Waals surface area contributed by atoms with Crippen LogP contribution in [0.1, 0.15) is 51.0 Å². The summed E-state index contributed by atoms with van der Waals surface area (Å²) >= 11 is 0. The number of anilines is 3. The fourth-order valence-corrected chi connectivity index (χ4v) is 5.91. The summed E-state index contributed by atoms with van der Waals surface area (Å²) in [5.41, 5.74) is 0.411. The molecule has 2 saturated heterocycles. The second kappa shape index (κ2) is 11.2. The number of ether oxygens (including phenoxy) is 1. The zero-order valence-electron chi connectivity index (χ0n) is 22.0. The van der Waals surface area contributed by atoms with Crippen molar-refractivity contribution in [3.8, 4) is 0 Å². The highest BCUT2D eigenvalue weighted by Gasteiger charge is 2.32. The first-order valence-corrected chi connectivity index (χ1v) is 13.8. The highest BCUT2D eigenvalue weighted by Crippen LogP contribution is 2.33. The molecule has 13 heteroatoms. The topological polar surface area (TPSA) is 117 Å². The maximum Gasteiger partial charge on any atom is 0.225 e. The Morgan fingerprint density at radius 2 is 1.73 bits per heavy atom. The molecule has 6 rings (SSSR count). The summed E-state index contributed by atoms with van der Waals surface area (Å²) in [4.78, 5) is 28.4. The standard InChI is InChI=1S/C27H32F3N7O3/c28-16-11-20(29)23(21(30)12-16)34-27-33-22-13-31-26(35-24(22)37(27)18-7-10-40-14-18)32-17-3-1-15(2-4-17)25(39)36-8-5-19(38)6-9-36/h11-13,15,17-19,38H,1-10,14H2,(H,33,34)(H,31,32,35)/t15-,17-,18-/m0/s1. The van der Waals surface area contributed by atoms with Crippen LogP contribution >= 0.6 is 0 Å². The molecule has 4 heterocycles. The first-order chi connectivity index (χ1) is 19.4. The SMILES string of the molecule is O=C([C@H]1CC[C@H](Nc2ncc3nc(Nc4c(F)cc(F)cc4F)n([C@H]4CCOC4)c3n2)CC1)N1CCC(O)CC1. The van der Waals surface area contributed by atoms with Crippen molar-refractivity contribution in [1.29, 1.82) is 0 Å². The van der Waals surface area contributed by atoms with E-state index in [-0.39, 0.29) is 36.0 Å². The predicted molar refractivity (Wildman–Crippen MR) is 141 cm³/mol. The minimum Gasteiger partial charge on any atom is -0.393 e. The van der Waals surface area contributed by atoms with Gasteiger partial charge in [-0.05, 0) is 44.9 Å². The number of carbonyl (C=O) groups excluding carboxylic acids is 1. The Hall–Kier alpha value is -3.45. The van der Waals surface area contributed by atoms with Gasteiger partial charge in [0, 0.05) is 43.8 Å². The van der Waals surface area contributed by atoms with Gasteiger partial charge in [0.25, 0.3) is 0 Å². The first kappa shape index (κ1) is 26.8. The third-order valence-electron chi connectivity index (χ3n) is 8.13. The molecule has 0 bridgehead atoms. The molecular formula is C27H32F3N7O3. The third-order valence-corrected chi connectivity index (χ3v) is 8.13. The smallest absolute Gasteiger partial charge is 0.225 e. The van der Waals surface area contributed by atoms with E-state index in [1.165, 1.54) is 0 Å². The van der Waals surface area contributed by atoms with Crippen LogP contribution in [0.15, 0.2) is 18.3 Å². The summed E-state index contributed by atoms with van der Waals surface area (Å²) in [5.74, 6) is -2.42. The van der Waals surface area contributed by atoms with Gasteiger partial charge < -0.3 is 25.4 Å². The van der Waals surface area contributed by atoms with Gasteiger partial charge in [-0.15, -0.1) is 0 Å². The third kappa shape index (κ3) is 5.44. The summed E-state index contributed by atoms with van der Waals surface area (Å²) in [5, 5.41) is 15.8. The number of hydrogen-bond donors (Lipinski definition) is 3. The fraction of sp³-hybridized carbons (Fsp3) is 0.556. The largest absolute Gasteiger partial charge is 0.393 e. The van der Waals surface area contributed by atoms with E-state index in [1.54, 1.807) is 10.8 Å². The van der Waals surface area contributed by atoms with Gasteiger partial charge in [0.05, 0.1) is 24.9 Å². The average Bonchev–Trinajstić information content (AvgIpc) is 3.58. The van der Waals surface area contributed by atoms with E-state index >= 15 is 0 Å². The molecule has 3 aromatic rings. The van der Waals surface area contributed by atoms with E-state index in [0.29, 0.717) is 74.8 Å². The number of likely N-dealkylation sites (tertiary alicyclic amines) is 1. The molecule has 214 valence electrons. The normalized spacial score (nSPS) is 24.0. The van der Waals surface area contributed by atoms with Crippen molar-refractivity contribution in [2.45, 2.75) is 63.1 Å². The molecule has 0 unspecified atom stereocenters. The molecule has 1 atom stereocenters. The Labute approximate surface area is 228 Å². The number of aromatic nitrogens is 4. The minimum absolute atomic E-state index is 0.0126. The van der Waals surface area contributed by atoms with Gasteiger partial charge in [0.15, 0.2) is 17.3 Å². The Balaban J connectivity index is 1.18. The molecule has 3 aliphatic rings. The molecule has 3 fully saturated rings. The summed E-state index contributed by atoms with van der Waals surface area (Å²) < 4.78 is 49.6. The number of piperidine rings is 1. The lowest BCUT2D eigenvalue weighted by molar-refractivity contribution is -0.138. The van der Waals surface area contributed by atoms with Gasteiger partial charge in [0.2, 0.25) is 17.8 Å². The van der Waals surface area contributed by atoms with Gasteiger partial charge in [-0.3, -0.25) is 9.36 Å². The van der Waals surface area contributed by atoms with Crippen LogP contribution in [0.2, 0.25) is 0 Å². The van der Waals surface area contributed by atoms with Crippen molar-refractivity contribution >= 4 is 34.7 Å². The number of rotatable bonds is 6.